The zero-order chi connectivity index (χ0) is 15.9. The second-order valence-corrected chi connectivity index (χ2v) is 7.00. The first-order valence-electron chi connectivity index (χ1n) is 7.70. The minimum absolute atomic E-state index is 0.00476. The minimum atomic E-state index is -0.552. The van der Waals surface area contributed by atoms with Crippen LogP contribution in [-0.4, -0.2) is 22.7 Å². The first-order chi connectivity index (χ1) is 11.2. The Labute approximate surface area is 136 Å². The summed E-state index contributed by atoms with van der Waals surface area (Å²) in [4.78, 5) is 12.6. The molecule has 5 nitrogen and oxygen atoms in total. The van der Waals surface area contributed by atoms with Crippen molar-refractivity contribution in [2.45, 2.75) is 37.2 Å². The Morgan fingerprint density at radius 2 is 2.09 bits per heavy atom. The van der Waals surface area contributed by atoms with Gasteiger partial charge in [0, 0.05) is 6.61 Å². The van der Waals surface area contributed by atoms with Crippen molar-refractivity contribution in [3.8, 4) is 0 Å². The monoisotopic (exact) mass is 333 g/mol. The average Bonchev–Trinajstić information content (AvgIpc) is 2.97. The Bertz CT molecular complexity index is 721. The van der Waals surface area contributed by atoms with Gasteiger partial charge in [0.1, 0.15) is 16.9 Å². The largest absolute Gasteiger partial charge is 0.371 e. The maximum Gasteiger partial charge on any atom is 0.236 e. The number of rotatable bonds is 4. The van der Waals surface area contributed by atoms with E-state index in [0.717, 1.165) is 42.9 Å². The second kappa shape index (κ2) is 5.65. The van der Waals surface area contributed by atoms with Gasteiger partial charge in [-0.2, -0.15) is 0 Å². The zero-order valence-electron chi connectivity index (χ0n) is 12.4. The summed E-state index contributed by atoms with van der Waals surface area (Å²) in [5.41, 5.74) is 0.295. The van der Waals surface area contributed by atoms with Crippen LogP contribution in [0, 0.1) is 5.82 Å². The zero-order valence-corrected chi connectivity index (χ0v) is 13.2. The molecular weight excluding hydrogens is 317 g/mol. The van der Waals surface area contributed by atoms with Crippen molar-refractivity contribution in [1.29, 1.82) is 0 Å². The normalized spacial score (nSPS) is 22.0. The molecular formula is C16H16FN3O2S. The number of hydrogen-bond donors (Lipinski definition) is 1. The Morgan fingerprint density at radius 1 is 1.30 bits per heavy atom. The second-order valence-electron chi connectivity index (χ2n) is 5.99. The fraction of sp³-hybridized carbons (Fsp3) is 0.438. The lowest BCUT2D eigenvalue weighted by atomic mass is 9.95. The summed E-state index contributed by atoms with van der Waals surface area (Å²) >= 11 is 1.36. The predicted molar refractivity (Wildman–Crippen MR) is 83.8 cm³/mol. The van der Waals surface area contributed by atoms with E-state index in [1.807, 2.05) is 0 Å². The number of anilines is 1. The van der Waals surface area contributed by atoms with E-state index in [9.17, 15) is 9.18 Å². The molecule has 2 fully saturated rings. The number of ether oxygens (including phenoxy) is 1. The highest BCUT2D eigenvalue weighted by molar-refractivity contribution is 7.15. The quantitative estimate of drug-likeness (QED) is 0.933. The van der Waals surface area contributed by atoms with Crippen LogP contribution in [0.3, 0.4) is 0 Å². The van der Waals surface area contributed by atoms with Crippen LogP contribution in [-0.2, 0) is 14.9 Å². The van der Waals surface area contributed by atoms with E-state index in [0.29, 0.717) is 5.13 Å². The standard InChI is InChI=1S/C16H16FN3O2S/c17-11-5-3-10(4-6-11)16(7-8-16)14(21)18-15-20-19-13(23-15)12-2-1-9-22-12/h3-6,12H,1-2,7-9H2,(H,18,20,21). The highest BCUT2D eigenvalue weighted by atomic mass is 32.1. The maximum atomic E-state index is 13.1. The third-order valence-electron chi connectivity index (χ3n) is 4.45. The van der Waals surface area contributed by atoms with Crippen LogP contribution in [0.1, 0.15) is 42.4 Å². The lowest BCUT2D eigenvalue weighted by Crippen LogP contribution is -2.27. The predicted octanol–water partition coefficient (Wildman–Crippen LogP) is 3.20. The molecule has 1 unspecified atom stereocenters. The molecule has 1 saturated carbocycles. The van der Waals surface area contributed by atoms with Crippen LogP contribution >= 0.6 is 11.3 Å². The van der Waals surface area contributed by atoms with Gasteiger partial charge in [0.25, 0.3) is 0 Å². The number of nitrogens with zero attached hydrogens (tertiary/aromatic N) is 2. The molecule has 2 heterocycles. The van der Waals surface area contributed by atoms with Gasteiger partial charge in [0.15, 0.2) is 0 Å². The van der Waals surface area contributed by atoms with E-state index in [-0.39, 0.29) is 17.8 Å². The molecule has 2 aliphatic rings. The molecule has 2 aromatic rings. The van der Waals surface area contributed by atoms with Crippen LogP contribution in [0.4, 0.5) is 9.52 Å². The third-order valence-corrected chi connectivity index (χ3v) is 5.38. The van der Waals surface area contributed by atoms with Crippen molar-refractivity contribution in [3.63, 3.8) is 0 Å². The number of nitrogens with one attached hydrogen (secondary N) is 1. The number of hydrogen-bond acceptors (Lipinski definition) is 5. The molecule has 1 aromatic heterocycles. The van der Waals surface area contributed by atoms with Crippen molar-refractivity contribution in [3.05, 3.63) is 40.7 Å². The maximum absolute atomic E-state index is 13.1. The number of aromatic nitrogens is 2. The molecule has 1 amide bonds. The van der Waals surface area contributed by atoms with E-state index >= 15 is 0 Å². The first-order valence-corrected chi connectivity index (χ1v) is 8.51. The SMILES string of the molecule is O=C(Nc1nnc(C2CCCO2)s1)C1(c2ccc(F)cc2)CC1. The Balaban J connectivity index is 1.48. The molecule has 1 saturated heterocycles. The molecule has 1 aliphatic heterocycles. The Morgan fingerprint density at radius 3 is 2.74 bits per heavy atom. The molecule has 23 heavy (non-hydrogen) atoms. The molecule has 1 aromatic carbocycles. The van der Waals surface area contributed by atoms with Crippen molar-refractivity contribution >= 4 is 22.4 Å². The summed E-state index contributed by atoms with van der Waals surface area (Å²) in [7, 11) is 0. The molecule has 7 heteroatoms. The van der Waals surface area contributed by atoms with E-state index < -0.39 is 5.41 Å². The van der Waals surface area contributed by atoms with Crippen molar-refractivity contribution < 1.29 is 13.9 Å². The Hall–Kier alpha value is -1.86. The van der Waals surface area contributed by atoms with Crippen LogP contribution in [0.25, 0.3) is 0 Å². The molecule has 1 N–H and O–H groups in total. The fourth-order valence-electron chi connectivity index (χ4n) is 2.95. The Kier molecular flexibility index (Phi) is 3.61. The topological polar surface area (TPSA) is 64.1 Å². The lowest BCUT2D eigenvalue weighted by Gasteiger charge is -2.14. The van der Waals surface area contributed by atoms with E-state index in [2.05, 4.69) is 15.5 Å². The summed E-state index contributed by atoms with van der Waals surface area (Å²) in [5, 5.41) is 12.3. The van der Waals surface area contributed by atoms with Gasteiger partial charge in [0.05, 0.1) is 5.41 Å². The number of carbonyl (C=O) groups excluding carboxylic acids is 1. The third kappa shape index (κ3) is 2.74. The van der Waals surface area contributed by atoms with Crippen molar-refractivity contribution in [1.82, 2.24) is 10.2 Å². The number of halogens is 1. The van der Waals surface area contributed by atoms with Gasteiger partial charge < -0.3 is 4.74 Å². The number of amides is 1. The van der Waals surface area contributed by atoms with E-state index in [4.69, 9.17) is 4.74 Å². The van der Waals surface area contributed by atoms with Gasteiger partial charge in [-0.3, -0.25) is 10.1 Å². The van der Waals surface area contributed by atoms with Crippen molar-refractivity contribution in [2.75, 3.05) is 11.9 Å². The van der Waals surface area contributed by atoms with Crippen molar-refractivity contribution in [2.24, 2.45) is 0 Å². The van der Waals surface area contributed by atoms with E-state index in [1.54, 1.807) is 12.1 Å². The number of carbonyl (C=O) groups is 1. The summed E-state index contributed by atoms with van der Waals surface area (Å²) in [6.45, 7) is 0.750. The lowest BCUT2D eigenvalue weighted by molar-refractivity contribution is -0.118. The van der Waals surface area contributed by atoms with Crippen LogP contribution in [0.15, 0.2) is 24.3 Å². The average molecular weight is 333 g/mol. The van der Waals surface area contributed by atoms with Gasteiger partial charge in [-0.25, -0.2) is 4.39 Å². The molecule has 120 valence electrons. The summed E-state index contributed by atoms with van der Waals surface area (Å²) < 4.78 is 18.6. The molecule has 1 atom stereocenters. The van der Waals surface area contributed by atoms with Crippen LogP contribution in [0.5, 0.6) is 0 Å². The highest BCUT2D eigenvalue weighted by Gasteiger charge is 2.51. The molecule has 1 aliphatic carbocycles. The smallest absolute Gasteiger partial charge is 0.236 e. The fourth-order valence-corrected chi connectivity index (χ4v) is 3.77. The van der Waals surface area contributed by atoms with Crippen LogP contribution < -0.4 is 5.32 Å². The van der Waals surface area contributed by atoms with Gasteiger partial charge >= 0.3 is 0 Å². The molecule has 0 bridgehead atoms. The van der Waals surface area contributed by atoms with Gasteiger partial charge in [0.2, 0.25) is 11.0 Å². The van der Waals surface area contributed by atoms with Gasteiger partial charge in [-0.05, 0) is 43.4 Å². The van der Waals surface area contributed by atoms with Gasteiger partial charge in [-0.15, -0.1) is 10.2 Å². The molecule has 4 rings (SSSR count). The van der Waals surface area contributed by atoms with Crippen LogP contribution in [0.2, 0.25) is 0 Å². The number of benzene rings is 1. The highest BCUT2D eigenvalue weighted by Crippen LogP contribution is 2.49. The van der Waals surface area contributed by atoms with Gasteiger partial charge in [-0.1, -0.05) is 23.5 Å². The minimum Gasteiger partial charge on any atom is -0.371 e. The summed E-state index contributed by atoms with van der Waals surface area (Å²) in [5.74, 6) is -0.394. The summed E-state index contributed by atoms with van der Waals surface area (Å²) in [6, 6.07) is 6.14. The first kappa shape index (κ1) is 14.7. The van der Waals surface area contributed by atoms with E-state index in [1.165, 1.54) is 23.5 Å². The molecule has 0 radical (unpaired) electrons. The summed E-state index contributed by atoms with van der Waals surface area (Å²) in [6.07, 6.45) is 3.51. The molecule has 0 spiro atoms.